The zero-order chi connectivity index (χ0) is 14.0. The standard InChI is InChI=1S/C16H20N4/c1-13-7-10-18-15(19-13)16(2)8-5-11-20(16)12-14-6-3-4-9-17-14/h3-4,6-7,9-10H,5,8,11-12H2,1-2H3. The van der Waals surface area contributed by atoms with Crippen LogP contribution in [0.3, 0.4) is 0 Å². The number of rotatable bonds is 3. The van der Waals surface area contributed by atoms with E-state index in [1.165, 1.54) is 6.42 Å². The molecule has 2 aromatic rings. The molecule has 104 valence electrons. The van der Waals surface area contributed by atoms with E-state index in [2.05, 4.69) is 32.8 Å². The second-order valence-electron chi connectivity index (χ2n) is 5.64. The van der Waals surface area contributed by atoms with Crippen LogP contribution in [0, 0.1) is 6.92 Å². The van der Waals surface area contributed by atoms with Crippen LogP contribution in [0.4, 0.5) is 0 Å². The van der Waals surface area contributed by atoms with Crippen molar-refractivity contribution in [3.05, 3.63) is 53.9 Å². The van der Waals surface area contributed by atoms with Crippen molar-refractivity contribution in [3.8, 4) is 0 Å². The molecule has 2 aromatic heterocycles. The molecule has 3 rings (SSSR count). The van der Waals surface area contributed by atoms with Gasteiger partial charge in [0.05, 0.1) is 11.2 Å². The Morgan fingerprint density at radius 3 is 2.85 bits per heavy atom. The first-order valence-corrected chi connectivity index (χ1v) is 7.13. The molecular weight excluding hydrogens is 248 g/mol. The fraction of sp³-hybridized carbons (Fsp3) is 0.438. The summed E-state index contributed by atoms with van der Waals surface area (Å²) in [4.78, 5) is 16.0. The number of likely N-dealkylation sites (tertiary alicyclic amines) is 1. The van der Waals surface area contributed by atoms with Crippen molar-refractivity contribution in [2.24, 2.45) is 0 Å². The van der Waals surface area contributed by atoms with Crippen LogP contribution in [0.2, 0.25) is 0 Å². The highest BCUT2D eigenvalue weighted by atomic mass is 15.2. The predicted molar refractivity (Wildman–Crippen MR) is 78.0 cm³/mol. The molecule has 0 radical (unpaired) electrons. The molecule has 3 heterocycles. The molecule has 0 N–H and O–H groups in total. The lowest BCUT2D eigenvalue weighted by Gasteiger charge is -2.33. The molecule has 0 saturated carbocycles. The molecule has 4 heteroatoms. The van der Waals surface area contributed by atoms with E-state index in [-0.39, 0.29) is 5.54 Å². The maximum atomic E-state index is 4.65. The number of aromatic nitrogens is 3. The van der Waals surface area contributed by atoms with E-state index < -0.39 is 0 Å². The van der Waals surface area contributed by atoms with Gasteiger partial charge in [-0.1, -0.05) is 6.07 Å². The summed E-state index contributed by atoms with van der Waals surface area (Å²) in [5.41, 5.74) is 2.05. The summed E-state index contributed by atoms with van der Waals surface area (Å²) in [6, 6.07) is 8.02. The summed E-state index contributed by atoms with van der Waals surface area (Å²) < 4.78 is 0. The van der Waals surface area contributed by atoms with Gasteiger partial charge in [-0.15, -0.1) is 0 Å². The van der Waals surface area contributed by atoms with E-state index in [9.17, 15) is 0 Å². The minimum Gasteiger partial charge on any atom is -0.285 e. The molecule has 0 bridgehead atoms. The highest BCUT2D eigenvalue weighted by Gasteiger charge is 2.40. The van der Waals surface area contributed by atoms with Gasteiger partial charge in [-0.2, -0.15) is 0 Å². The Morgan fingerprint density at radius 1 is 1.20 bits per heavy atom. The van der Waals surface area contributed by atoms with Crippen LogP contribution in [-0.2, 0) is 12.1 Å². The molecule has 1 saturated heterocycles. The Bertz CT molecular complexity index is 584. The molecule has 0 aliphatic carbocycles. The largest absolute Gasteiger partial charge is 0.285 e. The lowest BCUT2D eigenvalue weighted by molar-refractivity contribution is 0.136. The monoisotopic (exact) mass is 268 g/mol. The first-order valence-electron chi connectivity index (χ1n) is 7.13. The van der Waals surface area contributed by atoms with E-state index in [1.807, 2.05) is 37.5 Å². The van der Waals surface area contributed by atoms with Crippen molar-refractivity contribution in [2.45, 2.75) is 38.8 Å². The van der Waals surface area contributed by atoms with E-state index in [0.717, 1.165) is 36.7 Å². The normalized spacial score (nSPS) is 23.1. The van der Waals surface area contributed by atoms with Crippen LogP contribution < -0.4 is 0 Å². The molecule has 1 aliphatic heterocycles. The topological polar surface area (TPSA) is 41.9 Å². The van der Waals surface area contributed by atoms with Crippen molar-refractivity contribution >= 4 is 0 Å². The van der Waals surface area contributed by atoms with Crippen molar-refractivity contribution in [2.75, 3.05) is 6.54 Å². The van der Waals surface area contributed by atoms with Gasteiger partial charge in [-0.3, -0.25) is 9.88 Å². The molecule has 0 aromatic carbocycles. The highest BCUT2D eigenvalue weighted by Crippen LogP contribution is 2.37. The molecule has 4 nitrogen and oxygen atoms in total. The van der Waals surface area contributed by atoms with Crippen LogP contribution >= 0.6 is 0 Å². The molecule has 20 heavy (non-hydrogen) atoms. The summed E-state index contributed by atoms with van der Waals surface area (Å²) in [6.07, 6.45) is 6.00. The zero-order valence-corrected chi connectivity index (χ0v) is 12.1. The van der Waals surface area contributed by atoms with E-state index in [0.29, 0.717) is 0 Å². The van der Waals surface area contributed by atoms with E-state index in [1.54, 1.807) is 0 Å². The average molecular weight is 268 g/mol. The summed E-state index contributed by atoms with van der Waals surface area (Å²) in [7, 11) is 0. The maximum Gasteiger partial charge on any atom is 0.148 e. The highest BCUT2D eigenvalue weighted by molar-refractivity contribution is 5.13. The van der Waals surface area contributed by atoms with Gasteiger partial charge in [0.25, 0.3) is 0 Å². The van der Waals surface area contributed by atoms with Gasteiger partial charge in [0.1, 0.15) is 5.82 Å². The quantitative estimate of drug-likeness (QED) is 0.858. The SMILES string of the molecule is Cc1ccnc(C2(C)CCCN2Cc2ccccn2)n1. The third kappa shape index (κ3) is 2.43. The van der Waals surface area contributed by atoms with Gasteiger partial charge >= 0.3 is 0 Å². The van der Waals surface area contributed by atoms with Crippen LogP contribution in [0.25, 0.3) is 0 Å². The summed E-state index contributed by atoms with van der Waals surface area (Å²) >= 11 is 0. The van der Waals surface area contributed by atoms with E-state index in [4.69, 9.17) is 0 Å². The van der Waals surface area contributed by atoms with Crippen molar-refractivity contribution in [3.63, 3.8) is 0 Å². The molecule has 0 amide bonds. The number of pyridine rings is 1. The molecule has 1 atom stereocenters. The smallest absolute Gasteiger partial charge is 0.148 e. The predicted octanol–water partition coefficient (Wildman–Crippen LogP) is 2.69. The maximum absolute atomic E-state index is 4.65. The van der Waals surface area contributed by atoms with Crippen molar-refractivity contribution in [1.82, 2.24) is 19.9 Å². The fourth-order valence-corrected chi connectivity index (χ4v) is 2.92. The Morgan fingerprint density at radius 2 is 2.10 bits per heavy atom. The minimum absolute atomic E-state index is 0.0798. The Labute approximate surface area is 119 Å². The van der Waals surface area contributed by atoms with E-state index >= 15 is 0 Å². The fourth-order valence-electron chi connectivity index (χ4n) is 2.92. The summed E-state index contributed by atoms with van der Waals surface area (Å²) in [5.74, 6) is 0.936. The summed E-state index contributed by atoms with van der Waals surface area (Å²) in [5, 5.41) is 0. The lowest BCUT2D eigenvalue weighted by atomic mass is 9.97. The van der Waals surface area contributed by atoms with Gasteiger partial charge in [0.15, 0.2) is 0 Å². The zero-order valence-electron chi connectivity index (χ0n) is 12.1. The molecular formula is C16H20N4. The van der Waals surface area contributed by atoms with Gasteiger partial charge in [0.2, 0.25) is 0 Å². The Kier molecular flexibility index (Phi) is 3.49. The molecule has 1 unspecified atom stereocenters. The van der Waals surface area contributed by atoms with Crippen LogP contribution in [-0.4, -0.2) is 26.4 Å². The van der Waals surface area contributed by atoms with Crippen LogP contribution in [0.1, 0.15) is 37.0 Å². The van der Waals surface area contributed by atoms with Gasteiger partial charge in [-0.05, 0) is 51.4 Å². The average Bonchev–Trinajstić information content (AvgIpc) is 2.83. The Hall–Kier alpha value is -1.81. The number of nitrogens with zero attached hydrogens (tertiary/aromatic N) is 4. The Balaban J connectivity index is 1.88. The van der Waals surface area contributed by atoms with Gasteiger partial charge in [-0.25, -0.2) is 9.97 Å². The third-order valence-corrected chi connectivity index (χ3v) is 4.15. The number of aryl methyl sites for hydroxylation is 1. The van der Waals surface area contributed by atoms with Gasteiger partial charge < -0.3 is 0 Å². The third-order valence-electron chi connectivity index (χ3n) is 4.15. The van der Waals surface area contributed by atoms with Crippen LogP contribution in [0.5, 0.6) is 0 Å². The number of hydrogen-bond donors (Lipinski definition) is 0. The molecule has 1 aliphatic rings. The molecule has 0 spiro atoms. The molecule has 1 fully saturated rings. The summed E-state index contributed by atoms with van der Waals surface area (Å²) in [6.45, 7) is 6.20. The van der Waals surface area contributed by atoms with Gasteiger partial charge in [0, 0.05) is 24.6 Å². The first-order chi connectivity index (χ1) is 9.68. The first kappa shape index (κ1) is 13.2. The number of hydrogen-bond acceptors (Lipinski definition) is 4. The second kappa shape index (κ2) is 5.29. The van der Waals surface area contributed by atoms with Crippen molar-refractivity contribution < 1.29 is 0 Å². The second-order valence-corrected chi connectivity index (χ2v) is 5.64. The lowest BCUT2D eigenvalue weighted by Crippen LogP contribution is -2.39. The minimum atomic E-state index is -0.0798. The van der Waals surface area contributed by atoms with Crippen LogP contribution in [0.15, 0.2) is 36.7 Å². The van der Waals surface area contributed by atoms with Crippen molar-refractivity contribution in [1.29, 1.82) is 0 Å².